The number of hydrogen-bond donors (Lipinski definition) is 0. The van der Waals surface area contributed by atoms with Crippen LogP contribution in [0.15, 0.2) is 47.7 Å². The van der Waals surface area contributed by atoms with Crippen LogP contribution in [0, 0.1) is 6.92 Å². The fourth-order valence-corrected chi connectivity index (χ4v) is 3.02. The van der Waals surface area contributed by atoms with Crippen molar-refractivity contribution in [3.05, 3.63) is 58.9 Å². The van der Waals surface area contributed by atoms with Crippen molar-refractivity contribution in [1.82, 2.24) is 19.1 Å². The van der Waals surface area contributed by atoms with E-state index in [1.165, 1.54) is 0 Å². The summed E-state index contributed by atoms with van der Waals surface area (Å²) in [5, 5.41) is 0.975. The first kappa shape index (κ1) is 13.8. The first-order chi connectivity index (χ1) is 11.1. The number of aromatic nitrogens is 4. The molecule has 0 fully saturated rings. The van der Waals surface area contributed by atoms with Crippen LogP contribution in [0.1, 0.15) is 5.56 Å². The number of benzene rings is 1. The van der Waals surface area contributed by atoms with Gasteiger partial charge in [-0.15, -0.1) is 0 Å². The van der Waals surface area contributed by atoms with E-state index in [-0.39, 0.29) is 5.69 Å². The van der Waals surface area contributed by atoms with Crippen LogP contribution in [-0.2, 0) is 7.05 Å². The quantitative estimate of drug-likeness (QED) is 0.490. The maximum absolute atomic E-state index is 12.8. The van der Waals surface area contributed by atoms with Crippen LogP contribution in [0.3, 0.4) is 0 Å². The molecule has 3 heterocycles. The zero-order valence-electron chi connectivity index (χ0n) is 13.2. The Labute approximate surface area is 133 Å². The van der Waals surface area contributed by atoms with Gasteiger partial charge in [-0.25, -0.2) is 4.79 Å². The molecule has 23 heavy (non-hydrogen) atoms. The minimum Gasteiger partial charge on any atom is -0.293 e. The summed E-state index contributed by atoms with van der Waals surface area (Å²) >= 11 is 0. The Kier molecular flexibility index (Phi) is 2.88. The summed E-state index contributed by atoms with van der Waals surface area (Å²) in [5.41, 5.74) is 5.43. The zero-order chi connectivity index (χ0) is 16.1. The smallest absolute Gasteiger partial charge is 0.293 e. The molecule has 0 spiro atoms. The van der Waals surface area contributed by atoms with Gasteiger partial charge in [0.25, 0.3) is 0 Å². The minimum atomic E-state index is -0.0908. The molecule has 0 amide bonds. The maximum Gasteiger partial charge on any atom is 0.333 e. The molecular weight excluding hydrogens is 287 g/mol. The SMILES string of the molecule is Bc1ccc2ncc3c(c2c1)n(-c1cnccc1C)c(=O)n3C. The molecule has 0 N–H and O–H groups in total. The van der Waals surface area contributed by atoms with E-state index >= 15 is 0 Å². The van der Waals surface area contributed by atoms with Gasteiger partial charge in [-0.1, -0.05) is 17.6 Å². The number of hydrogen-bond acceptors (Lipinski definition) is 3. The lowest BCUT2D eigenvalue weighted by Crippen LogP contribution is -2.21. The third kappa shape index (κ3) is 1.91. The second-order valence-corrected chi connectivity index (χ2v) is 5.85. The molecule has 0 aliphatic heterocycles. The monoisotopic (exact) mass is 302 g/mol. The first-order valence-electron chi connectivity index (χ1n) is 7.45. The zero-order valence-corrected chi connectivity index (χ0v) is 13.2. The summed E-state index contributed by atoms with van der Waals surface area (Å²) in [6, 6.07) is 8.01. The number of fused-ring (bicyclic) bond motifs is 3. The summed E-state index contributed by atoms with van der Waals surface area (Å²) in [6.07, 6.45) is 5.23. The molecule has 0 radical (unpaired) electrons. The Hall–Kier alpha value is -2.89. The highest BCUT2D eigenvalue weighted by molar-refractivity contribution is 6.33. The first-order valence-corrected chi connectivity index (χ1v) is 7.45. The minimum absolute atomic E-state index is 0.0908. The summed E-state index contributed by atoms with van der Waals surface area (Å²) in [7, 11) is 3.81. The van der Waals surface area contributed by atoms with Gasteiger partial charge < -0.3 is 0 Å². The largest absolute Gasteiger partial charge is 0.333 e. The Morgan fingerprint density at radius 3 is 2.78 bits per heavy atom. The summed E-state index contributed by atoms with van der Waals surface area (Å²) in [4.78, 5) is 21.5. The van der Waals surface area contributed by atoms with Crippen LogP contribution in [0.2, 0.25) is 0 Å². The van der Waals surface area contributed by atoms with Crippen LogP contribution in [0.5, 0.6) is 0 Å². The average Bonchev–Trinajstić information content (AvgIpc) is 2.80. The van der Waals surface area contributed by atoms with Crippen molar-refractivity contribution in [2.24, 2.45) is 7.05 Å². The van der Waals surface area contributed by atoms with E-state index in [1.54, 1.807) is 34.8 Å². The lowest BCUT2D eigenvalue weighted by Gasteiger charge is -2.08. The molecule has 4 aromatic rings. The van der Waals surface area contributed by atoms with Crippen LogP contribution in [0.4, 0.5) is 0 Å². The molecule has 112 valence electrons. The van der Waals surface area contributed by atoms with Crippen molar-refractivity contribution in [2.75, 3.05) is 0 Å². The molecule has 0 saturated carbocycles. The van der Waals surface area contributed by atoms with E-state index in [4.69, 9.17) is 0 Å². The highest BCUT2D eigenvalue weighted by atomic mass is 16.1. The van der Waals surface area contributed by atoms with Gasteiger partial charge in [-0.2, -0.15) is 0 Å². The van der Waals surface area contributed by atoms with E-state index in [2.05, 4.69) is 16.0 Å². The van der Waals surface area contributed by atoms with Gasteiger partial charge in [0.2, 0.25) is 0 Å². The van der Waals surface area contributed by atoms with E-state index in [0.29, 0.717) is 0 Å². The lowest BCUT2D eigenvalue weighted by atomic mass is 9.94. The third-order valence-electron chi connectivity index (χ3n) is 4.29. The second-order valence-electron chi connectivity index (χ2n) is 5.85. The number of aryl methyl sites for hydroxylation is 2. The molecule has 0 aliphatic carbocycles. The van der Waals surface area contributed by atoms with Crippen molar-refractivity contribution >= 4 is 35.2 Å². The van der Waals surface area contributed by atoms with Gasteiger partial charge in [0.1, 0.15) is 7.85 Å². The molecule has 0 aliphatic rings. The van der Waals surface area contributed by atoms with Crippen LogP contribution < -0.4 is 11.2 Å². The fraction of sp³-hybridized carbons (Fsp3) is 0.118. The fourth-order valence-electron chi connectivity index (χ4n) is 3.02. The van der Waals surface area contributed by atoms with Gasteiger partial charge in [0.05, 0.1) is 34.6 Å². The Morgan fingerprint density at radius 1 is 1.17 bits per heavy atom. The van der Waals surface area contributed by atoms with Crippen molar-refractivity contribution in [3.63, 3.8) is 0 Å². The normalized spacial score (nSPS) is 11.4. The number of pyridine rings is 2. The molecule has 0 saturated heterocycles. The van der Waals surface area contributed by atoms with E-state index in [0.717, 1.165) is 38.6 Å². The van der Waals surface area contributed by atoms with Crippen LogP contribution in [-0.4, -0.2) is 26.9 Å². The summed E-state index contributed by atoms with van der Waals surface area (Å²) in [6.45, 7) is 1.98. The number of imidazole rings is 1. The van der Waals surface area contributed by atoms with Crippen LogP contribution in [0.25, 0.3) is 27.6 Å². The average molecular weight is 302 g/mol. The summed E-state index contributed by atoms with van der Waals surface area (Å²) < 4.78 is 3.37. The number of rotatable bonds is 1. The molecule has 0 unspecified atom stereocenters. The van der Waals surface area contributed by atoms with Crippen LogP contribution >= 0.6 is 0 Å². The maximum atomic E-state index is 12.8. The molecule has 0 atom stereocenters. The van der Waals surface area contributed by atoms with E-state index in [1.807, 2.05) is 33.0 Å². The highest BCUT2D eigenvalue weighted by Gasteiger charge is 2.17. The van der Waals surface area contributed by atoms with Crippen molar-refractivity contribution < 1.29 is 0 Å². The van der Waals surface area contributed by atoms with Gasteiger partial charge in [0.15, 0.2) is 0 Å². The predicted octanol–water partition coefficient (Wildman–Crippen LogP) is 0.839. The van der Waals surface area contributed by atoms with Gasteiger partial charge >= 0.3 is 5.69 Å². The predicted molar refractivity (Wildman–Crippen MR) is 94.5 cm³/mol. The third-order valence-corrected chi connectivity index (χ3v) is 4.29. The summed E-state index contributed by atoms with van der Waals surface area (Å²) in [5.74, 6) is 0. The molecular formula is C17H15BN4O. The topological polar surface area (TPSA) is 52.7 Å². The molecule has 1 aromatic carbocycles. The molecule has 0 bridgehead atoms. The van der Waals surface area contributed by atoms with Gasteiger partial charge in [-0.05, 0) is 24.6 Å². The van der Waals surface area contributed by atoms with E-state index in [9.17, 15) is 4.79 Å². The number of nitrogens with zero attached hydrogens (tertiary/aromatic N) is 4. The van der Waals surface area contributed by atoms with Crippen molar-refractivity contribution in [3.8, 4) is 5.69 Å². The van der Waals surface area contributed by atoms with E-state index < -0.39 is 0 Å². The highest BCUT2D eigenvalue weighted by Crippen LogP contribution is 2.25. The Balaban J connectivity index is 2.28. The Morgan fingerprint density at radius 2 is 2.00 bits per heavy atom. The van der Waals surface area contributed by atoms with Gasteiger partial charge in [-0.3, -0.25) is 19.1 Å². The Bertz CT molecular complexity index is 1130. The molecule has 3 aromatic heterocycles. The molecule has 6 heteroatoms. The molecule has 5 nitrogen and oxygen atoms in total. The standard InChI is InChI=1S/C17H15BN4O/c1-10-5-6-19-8-14(10)22-16-12-7-11(18)3-4-13(12)20-9-15(16)21(2)17(22)23/h3-9H,18H2,1-2H3. The lowest BCUT2D eigenvalue weighted by molar-refractivity contribution is 0.841. The van der Waals surface area contributed by atoms with Crippen molar-refractivity contribution in [2.45, 2.75) is 6.92 Å². The van der Waals surface area contributed by atoms with Gasteiger partial charge in [0, 0.05) is 18.6 Å². The molecule has 4 rings (SSSR count). The second kappa shape index (κ2) is 4.81. The van der Waals surface area contributed by atoms with Crippen molar-refractivity contribution in [1.29, 1.82) is 0 Å².